The van der Waals surface area contributed by atoms with Crippen molar-refractivity contribution in [1.29, 1.82) is 0 Å². The van der Waals surface area contributed by atoms with Gasteiger partial charge in [0.05, 0.1) is 5.60 Å². The molecule has 6 heteroatoms. The van der Waals surface area contributed by atoms with E-state index in [1.807, 2.05) is 0 Å². The lowest BCUT2D eigenvalue weighted by Crippen LogP contribution is -2.39. The van der Waals surface area contributed by atoms with Gasteiger partial charge in [0.2, 0.25) is 17.7 Å². The third-order valence-electron chi connectivity index (χ3n) is 3.79. The molecular formula is C15H25N3O3. The second-order valence-corrected chi connectivity index (χ2v) is 6.58. The monoisotopic (exact) mass is 295 g/mol. The van der Waals surface area contributed by atoms with Crippen molar-refractivity contribution in [3.8, 4) is 0 Å². The van der Waals surface area contributed by atoms with E-state index in [0.717, 1.165) is 18.7 Å². The van der Waals surface area contributed by atoms with Crippen LogP contribution in [0.25, 0.3) is 0 Å². The van der Waals surface area contributed by atoms with E-state index in [0.29, 0.717) is 31.2 Å². The van der Waals surface area contributed by atoms with E-state index < -0.39 is 5.60 Å². The molecule has 1 aliphatic rings. The van der Waals surface area contributed by atoms with Crippen LogP contribution in [0.1, 0.15) is 63.7 Å². The van der Waals surface area contributed by atoms with Crippen molar-refractivity contribution in [2.24, 2.45) is 0 Å². The second kappa shape index (κ2) is 6.56. The van der Waals surface area contributed by atoms with Gasteiger partial charge in [-0.3, -0.25) is 4.79 Å². The smallest absolute Gasteiger partial charge is 0.222 e. The van der Waals surface area contributed by atoms with Gasteiger partial charge in [-0.2, -0.15) is 0 Å². The van der Waals surface area contributed by atoms with E-state index in [9.17, 15) is 9.90 Å². The summed E-state index contributed by atoms with van der Waals surface area (Å²) >= 11 is 0. The molecule has 1 fully saturated rings. The number of hydrogen-bond donors (Lipinski definition) is 1. The zero-order valence-electron chi connectivity index (χ0n) is 13.1. The van der Waals surface area contributed by atoms with Crippen molar-refractivity contribution in [3.63, 3.8) is 0 Å². The number of aliphatic hydroxyl groups is 1. The molecule has 1 saturated carbocycles. The van der Waals surface area contributed by atoms with Crippen LogP contribution >= 0.6 is 0 Å². The maximum atomic E-state index is 12.0. The van der Waals surface area contributed by atoms with E-state index >= 15 is 0 Å². The van der Waals surface area contributed by atoms with Gasteiger partial charge in [0.25, 0.3) is 0 Å². The molecule has 0 radical (unpaired) electrons. The van der Waals surface area contributed by atoms with Crippen LogP contribution in [0.5, 0.6) is 0 Å². The Hall–Kier alpha value is -1.43. The van der Waals surface area contributed by atoms with Crippen LogP contribution in [0.2, 0.25) is 0 Å². The molecule has 1 heterocycles. The van der Waals surface area contributed by atoms with Gasteiger partial charge in [0.15, 0.2) is 0 Å². The van der Waals surface area contributed by atoms with Crippen molar-refractivity contribution in [2.45, 2.75) is 63.9 Å². The lowest BCUT2D eigenvalue weighted by Gasteiger charge is -2.25. The van der Waals surface area contributed by atoms with E-state index in [1.165, 1.54) is 17.7 Å². The zero-order chi connectivity index (χ0) is 15.5. The maximum absolute atomic E-state index is 12.0. The highest BCUT2D eigenvalue weighted by atomic mass is 16.4. The van der Waals surface area contributed by atoms with Gasteiger partial charge in [0.1, 0.15) is 0 Å². The zero-order valence-corrected chi connectivity index (χ0v) is 13.1. The number of nitrogens with zero attached hydrogens (tertiary/aromatic N) is 3. The van der Waals surface area contributed by atoms with Gasteiger partial charge in [-0.15, -0.1) is 10.2 Å². The Morgan fingerprint density at radius 3 is 2.67 bits per heavy atom. The molecule has 0 aromatic carbocycles. The minimum Gasteiger partial charge on any atom is -0.425 e. The van der Waals surface area contributed by atoms with E-state index in [2.05, 4.69) is 10.2 Å². The molecule has 0 bridgehead atoms. The summed E-state index contributed by atoms with van der Waals surface area (Å²) in [6, 6.07) is 0. The highest BCUT2D eigenvalue weighted by Crippen LogP contribution is 2.33. The molecule has 0 unspecified atom stereocenters. The fourth-order valence-electron chi connectivity index (χ4n) is 2.78. The number of aromatic nitrogens is 2. The SMILES string of the molecule is CN(CC(C)(C)O)C(=O)CCc1nnc(C2CCCC2)o1. The fraction of sp³-hybridized carbons (Fsp3) is 0.800. The van der Waals surface area contributed by atoms with Crippen LogP contribution < -0.4 is 0 Å². The number of rotatable bonds is 6. The minimum atomic E-state index is -0.884. The third kappa shape index (κ3) is 4.81. The largest absolute Gasteiger partial charge is 0.425 e. The highest BCUT2D eigenvalue weighted by Gasteiger charge is 2.23. The van der Waals surface area contributed by atoms with Crippen molar-refractivity contribution < 1.29 is 14.3 Å². The average molecular weight is 295 g/mol. The summed E-state index contributed by atoms with van der Waals surface area (Å²) in [6.07, 6.45) is 5.46. The summed E-state index contributed by atoms with van der Waals surface area (Å²) in [5, 5.41) is 17.8. The summed E-state index contributed by atoms with van der Waals surface area (Å²) < 4.78 is 5.66. The quantitative estimate of drug-likeness (QED) is 0.867. The van der Waals surface area contributed by atoms with Crippen LogP contribution in [-0.4, -0.2) is 45.3 Å². The van der Waals surface area contributed by atoms with Gasteiger partial charge in [-0.1, -0.05) is 12.8 Å². The molecule has 1 N–H and O–H groups in total. The van der Waals surface area contributed by atoms with Gasteiger partial charge in [0, 0.05) is 32.4 Å². The summed E-state index contributed by atoms with van der Waals surface area (Å²) in [4.78, 5) is 13.5. The van der Waals surface area contributed by atoms with Crippen molar-refractivity contribution >= 4 is 5.91 Å². The first-order valence-electron chi connectivity index (χ1n) is 7.64. The van der Waals surface area contributed by atoms with Gasteiger partial charge < -0.3 is 14.4 Å². The Morgan fingerprint density at radius 1 is 1.38 bits per heavy atom. The maximum Gasteiger partial charge on any atom is 0.222 e. The van der Waals surface area contributed by atoms with Crippen LogP contribution in [0.3, 0.4) is 0 Å². The van der Waals surface area contributed by atoms with Crippen LogP contribution in [0.4, 0.5) is 0 Å². The van der Waals surface area contributed by atoms with Crippen molar-refractivity contribution in [3.05, 3.63) is 11.8 Å². The normalized spacial score (nSPS) is 16.4. The molecule has 0 saturated heterocycles. The molecule has 0 aliphatic heterocycles. The first kappa shape index (κ1) is 15.9. The van der Waals surface area contributed by atoms with Crippen LogP contribution in [0, 0.1) is 0 Å². The molecule has 1 aromatic rings. The predicted octanol–water partition coefficient (Wildman–Crippen LogP) is 1.89. The Balaban J connectivity index is 1.81. The van der Waals surface area contributed by atoms with Crippen LogP contribution in [-0.2, 0) is 11.2 Å². The highest BCUT2D eigenvalue weighted by molar-refractivity contribution is 5.76. The Bertz CT molecular complexity index is 473. The first-order chi connectivity index (χ1) is 9.85. The molecule has 118 valence electrons. The lowest BCUT2D eigenvalue weighted by atomic mass is 10.1. The molecular weight excluding hydrogens is 270 g/mol. The Labute approximate surface area is 125 Å². The third-order valence-corrected chi connectivity index (χ3v) is 3.79. The number of aryl methyl sites for hydroxylation is 1. The lowest BCUT2D eigenvalue weighted by molar-refractivity contribution is -0.132. The number of amides is 1. The van der Waals surface area contributed by atoms with E-state index in [1.54, 1.807) is 20.9 Å². The number of carbonyl (C=O) groups is 1. The Kier molecular flexibility index (Phi) is 4.98. The molecule has 1 amide bonds. The molecule has 6 nitrogen and oxygen atoms in total. The summed E-state index contributed by atoms with van der Waals surface area (Å²) in [5.41, 5.74) is -0.884. The topological polar surface area (TPSA) is 79.5 Å². The van der Waals surface area contributed by atoms with Gasteiger partial charge in [-0.25, -0.2) is 0 Å². The molecule has 21 heavy (non-hydrogen) atoms. The standard InChI is InChI=1S/C15H25N3O3/c1-15(2,20)10-18(3)13(19)9-8-12-16-17-14(21-12)11-6-4-5-7-11/h11,20H,4-10H2,1-3H3. The van der Waals surface area contributed by atoms with E-state index in [-0.39, 0.29) is 5.91 Å². The summed E-state index contributed by atoms with van der Waals surface area (Å²) in [6.45, 7) is 3.67. The van der Waals surface area contributed by atoms with Gasteiger partial charge in [-0.05, 0) is 26.7 Å². The molecule has 0 atom stereocenters. The van der Waals surface area contributed by atoms with Crippen LogP contribution in [0.15, 0.2) is 4.42 Å². The molecule has 1 aromatic heterocycles. The summed E-state index contributed by atoms with van der Waals surface area (Å²) in [7, 11) is 1.69. The Morgan fingerprint density at radius 2 is 2.05 bits per heavy atom. The van der Waals surface area contributed by atoms with Gasteiger partial charge >= 0.3 is 0 Å². The molecule has 1 aliphatic carbocycles. The average Bonchev–Trinajstić information content (AvgIpc) is 3.04. The first-order valence-corrected chi connectivity index (χ1v) is 7.64. The second-order valence-electron chi connectivity index (χ2n) is 6.58. The molecule has 2 rings (SSSR count). The summed E-state index contributed by atoms with van der Waals surface area (Å²) in [5.74, 6) is 1.62. The number of likely N-dealkylation sites (N-methyl/N-ethyl adjacent to an activating group) is 1. The number of carbonyl (C=O) groups excluding carboxylic acids is 1. The predicted molar refractivity (Wildman–Crippen MR) is 77.8 cm³/mol. The minimum absolute atomic E-state index is 0.0299. The molecule has 0 spiro atoms. The van der Waals surface area contributed by atoms with Crippen molar-refractivity contribution in [1.82, 2.24) is 15.1 Å². The fourth-order valence-corrected chi connectivity index (χ4v) is 2.78. The van der Waals surface area contributed by atoms with Crippen molar-refractivity contribution in [2.75, 3.05) is 13.6 Å². The van der Waals surface area contributed by atoms with E-state index in [4.69, 9.17) is 4.42 Å². The number of hydrogen-bond acceptors (Lipinski definition) is 5.